The predicted molar refractivity (Wildman–Crippen MR) is 85.2 cm³/mol. The van der Waals surface area contributed by atoms with E-state index in [4.69, 9.17) is 20.4 Å². The quantitative estimate of drug-likeness (QED) is 0.344. The molecule has 0 saturated carbocycles. The lowest BCUT2D eigenvalue weighted by Gasteiger charge is -2.12. The van der Waals surface area contributed by atoms with Crippen LogP contribution in [0.25, 0.3) is 0 Å². The number of pyridine rings is 1. The standard InChI is InChI=1S/C13H11Br2N3O3/c1-20-10-5-9(15)11(6-8(10)14)21-13-7(12(16)18-19)3-2-4-17-13/h2-6,19H,1H3,(H2,16,18). The number of nitrogens with two attached hydrogens (primary N) is 1. The molecule has 0 unspecified atom stereocenters. The van der Waals surface area contributed by atoms with Gasteiger partial charge in [-0.25, -0.2) is 4.98 Å². The molecular weight excluding hydrogens is 406 g/mol. The molecule has 0 saturated heterocycles. The summed E-state index contributed by atoms with van der Waals surface area (Å²) < 4.78 is 12.3. The van der Waals surface area contributed by atoms with Crippen LogP contribution in [0.15, 0.2) is 44.6 Å². The number of rotatable bonds is 4. The molecule has 0 aliphatic carbocycles. The first-order chi connectivity index (χ1) is 10.1. The van der Waals surface area contributed by atoms with Crippen LogP contribution in [-0.4, -0.2) is 23.1 Å². The van der Waals surface area contributed by atoms with Crippen LogP contribution in [0.3, 0.4) is 0 Å². The smallest absolute Gasteiger partial charge is 0.230 e. The number of ether oxygens (including phenoxy) is 2. The van der Waals surface area contributed by atoms with Crippen LogP contribution in [0.4, 0.5) is 0 Å². The van der Waals surface area contributed by atoms with Gasteiger partial charge in [-0.1, -0.05) is 5.16 Å². The summed E-state index contributed by atoms with van der Waals surface area (Å²) in [6.07, 6.45) is 1.55. The lowest BCUT2D eigenvalue weighted by atomic mass is 10.2. The summed E-state index contributed by atoms with van der Waals surface area (Å²) >= 11 is 6.78. The van der Waals surface area contributed by atoms with Gasteiger partial charge in [0.1, 0.15) is 11.5 Å². The summed E-state index contributed by atoms with van der Waals surface area (Å²) in [4.78, 5) is 4.09. The van der Waals surface area contributed by atoms with Crippen molar-refractivity contribution in [3.63, 3.8) is 0 Å². The second-order valence-electron chi connectivity index (χ2n) is 3.86. The minimum atomic E-state index is -0.0817. The highest BCUT2D eigenvalue weighted by Crippen LogP contribution is 2.38. The summed E-state index contributed by atoms with van der Waals surface area (Å²) in [6, 6.07) is 6.79. The van der Waals surface area contributed by atoms with E-state index in [9.17, 15) is 0 Å². The molecule has 6 nitrogen and oxygen atoms in total. The van der Waals surface area contributed by atoms with E-state index in [1.165, 1.54) is 0 Å². The number of hydrogen-bond acceptors (Lipinski definition) is 5. The minimum absolute atomic E-state index is 0.0817. The number of methoxy groups -OCH3 is 1. The fourth-order valence-electron chi connectivity index (χ4n) is 1.57. The third-order valence-electron chi connectivity index (χ3n) is 2.57. The van der Waals surface area contributed by atoms with Crippen molar-refractivity contribution in [1.29, 1.82) is 0 Å². The van der Waals surface area contributed by atoms with E-state index in [2.05, 4.69) is 42.0 Å². The molecule has 0 atom stereocenters. The zero-order valence-corrected chi connectivity index (χ0v) is 14.1. The van der Waals surface area contributed by atoms with Crippen LogP contribution in [0, 0.1) is 0 Å². The normalized spacial score (nSPS) is 11.3. The van der Waals surface area contributed by atoms with Crippen molar-refractivity contribution in [2.45, 2.75) is 0 Å². The van der Waals surface area contributed by atoms with Crippen molar-refractivity contribution < 1.29 is 14.7 Å². The van der Waals surface area contributed by atoms with Crippen molar-refractivity contribution >= 4 is 37.7 Å². The van der Waals surface area contributed by atoms with E-state index in [-0.39, 0.29) is 11.7 Å². The van der Waals surface area contributed by atoms with Crippen LogP contribution in [0.5, 0.6) is 17.4 Å². The molecule has 2 rings (SSSR count). The lowest BCUT2D eigenvalue weighted by Crippen LogP contribution is -2.14. The maximum atomic E-state index is 8.79. The molecule has 0 spiro atoms. The lowest BCUT2D eigenvalue weighted by molar-refractivity contribution is 0.318. The molecule has 0 amide bonds. The first kappa shape index (κ1) is 15.6. The summed E-state index contributed by atoms with van der Waals surface area (Å²) in [5.41, 5.74) is 5.99. The topological polar surface area (TPSA) is 90.0 Å². The molecule has 1 aromatic heterocycles. The van der Waals surface area contributed by atoms with Gasteiger partial charge in [0.2, 0.25) is 5.88 Å². The first-order valence-corrected chi connectivity index (χ1v) is 7.29. The number of nitrogens with zero attached hydrogens (tertiary/aromatic N) is 2. The van der Waals surface area contributed by atoms with Gasteiger partial charge in [0.05, 0.1) is 21.6 Å². The molecule has 2 aromatic rings. The summed E-state index contributed by atoms with van der Waals surface area (Å²) in [6.45, 7) is 0. The van der Waals surface area contributed by atoms with E-state index in [0.717, 1.165) is 4.47 Å². The molecule has 3 N–H and O–H groups in total. The summed E-state index contributed by atoms with van der Waals surface area (Å²) in [5.74, 6) is 1.31. The Labute approximate surface area is 137 Å². The zero-order chi connectivity index (χ0) is 15.4. The Balaban J connectivity index is 2.42. The molecule has 1 aromatic carbocycles. The van der Waals surface area contributed by atoms with Crippen molar-refractivity contribution in [3.8, 4) is 17.4 Å². The average molecular weight is 417 g/mol. The van der Waals surface area contributed by atoms with Gasteiger partial charge >= 0.3 is 0 Å². The maximum absolute atomic E-state index is 8.79. The van der Waals surface area contributed by atoms with Crippen LogP contribution < -0.4 is 15.2 Å². The number of aromatic nitrogens is 1. The number of amidine groups is 1. The minimum Gasteiger partial charge on any atom is -0.496 e. The predicted octanol–water partition coefficient (Wildman–Crippen LogP) is 3.50. The highest BCUT2D eigenvalue weighted by Gasteiger charge is 2.14. The Morgan fingerprint density at radius 1 is 1.29 bits per heavy atom. The van der Waals surface area contributed by atoms with Crippen LogP contribution in [-0.2, 0) is 0 Å². The third kappa shape index (κ3) is 3.45. The second kappa shape index (κ2) is 6.77. The van der Waals surface area contributed by atoms with E-state index in [1.54, 1.807) is 37.6 Å². The fourth-order valence-corrected chi connectivity index (χ4v) is 2.46. The summed E-state index contributed by atoms with van der Waals surface area (Å²) in [5, 5.41) is 11.8. The molecule has 1 heterocycles. The van der Waals surface area contributed by atoms with E-state index < -0.39 is 0 Å². The molecule has 0 aliphatic heterocycles. The molecule has 0 bridgehead atoms. The Bertz CT molecular complexity index is 692. The highest BCUT2D eigenvalue weighted by molar-refractivity contribution is 9.11. The van der Waals surface area contributed by atoms with Gasteiger partial charge < -0.3 is 20.4 Å². The summed E-state index contributed by atoms with van der Waals surface area (Å²) in [7, 11) is 1.57. The van der Waals surface area contributed by atoms with E-state index in [0.29, 0.717) is 21.5 Å². The average Bonchev–Trinajstić information content (AvgIpc) is 2.50. The third-order valence-corrected chi connectivity index (χ3v) is 3.81. The SMILES string of the molecule is COc1cc(Br)c(Oc2ncccc2/C(N)=N/O)cc1Br. The van der Waals surface area contributed by atoms with Gasteiger partial charge in [0.25, 0.3) is 0 Å². The Hall–Kier alpha value is -1.80. The van der Waals surface area contributed by atoms with Crippen molar-refractivity contribution in [1.82, 2.24) is 4.98 Å². The van der Waals surface area contributed by atoms with Gasteiger partial charge in [-0.2, -0.15) is 0 Å². The Morgan fingerprint density at radius 2 is 1.95 bits per heavy atom. The van der Waals surface area contributed by atoms with E-state index >= 15 is 0 Å². The van der Waals surface area contributed by atoms with Gasteiger partial charge in [0.15, 0.2) is 5.84 Å². The number of hydrogen-bond donors (Lipinski definition) is 2. The zero-order valence-electron chi connectivity index (χ0n) is 10.9. The number of halogens is 2. The monoisotopic (exact) mass is 415 g/mol. The van der Waals surface area contributed by atoms with Gasteiger partial charge in [-0.3, -0.25) is 0 Å². The number of benzene rings is 1. The van der Waals surface area contributed by atoms with Gasteiger partial charge in [-0.05, 0) is 56.1 Å². The van der Waals surface area contributed by atoms with Gasteiger partial charge in [-0.15, -0.1) is 0 Å². The van der Waals surface area contributed by atoms with Crippen LogP contribution in [0.1, 0.15) is 5.56 Å². The number of oxime groups is 1. The highest BCUT2D eigenvalue weighted by atomic mass is 79.9. The van der Waals surface area contributed by atoms with Crippen molar-refractivity contribution in [2.24, 2.45) is 10.9 Å². The molecule has 0 radical (unpaired) electrons. The molecular formula is C13H11Br2N3O3. The Kier molecular flexibility index (Phi) is 5.03. The largest absolute Gasteiger partial charge is 0.496 e. The molecule has 21 heavy (non-hydrogen) atoms. The fraction of sp³-hybridized carbons (Fsp3) is 0.0769. The molecule has 8 heteroatoms. The first-order valence-electron chi connectivity index (χ1n) is 5.70. The Morgan fingerprint density at radius 3 is 2.62 bits per heavy atom. The van der Waals surface area contributed by atoms with Gasteiger partial charge in [0, 0.05) is 6.20 Å². The maximum Gasteiger partial charge on any atom is 0.230 e. The van der Waals surface area contributed by atoms with Crippen molar-refractivity contribution in [2.75, 3.05) is 7.11 Å². The molecule has 0 aliphatic rings. The second-order valence-corrected chi connectivity index (χ2v) is 5.57. The van der Waals surface area contributed by atoms with Crippen molar-refractivity contribution in [3.05, 3.63) is 45.0 Å². The van der Waals surface area contributed by atoms with E-state index in [1.807, 2.05) is 0 Å². The van der Waals surface area contributed by atoms with Crippen LogP contribution >= 0.6 is 31.9 Å². The molecule has 110 valence electrons. The molecule has 0 fully saturated rings. The van der Waals surface area contributed by atoms with Crippen LogP contribution in [0.2, 0.25) is 0 Å².